The zero-order valence-corrected chi connectivity index (χ0v) is 17.7. The number of hydrogen-bond donors (Lipinski definition) is 1. The van der Waals surface area contributed by atoms with Gasteiger partial charge in [-0.15, -0.1) is 21.2 Å². The molecular formula is C18H23N7S2. The van der Waals surface area contributed by atoms with E-state index in [1.807, 2.05) is 38.4 Å². The summed E-state index contributed by atoms with van der Waals surface area (Å²) in [7, 11) is 5.79. The molecule has 0 bridgehead atoms. The lowest BCUT2D eigenvalue weighted by atomic mass is 10.2. The Bertz CT molecular complexity index is 994. The molecule has 0 aliphatic carbocycles. The van der Waals surface area contributed by atoms with Gasteiger partial charge >= 0.3 is 0 Å². The highest BCUT2D eigenvalue weighted by atomic mass is 32.1. The first kappa shape index (κ1) is 19.2. The van der Waals surface area contributed by atoms with Crippen molar-refractivity contribution in [3.8, 4) is 10.8 Å². The van der Waals surface area contributed by atoms with E-state index in [9.17, 15) is 0 Å². The van der Waals surface area contributed by atoms with Crippen molar-refractivity contribution in [3.63, 3.8) is 0 Å². The van der Waals surface area contributed by atoms with Crippen LogP contribution in [0.4, 0.5) is 5.69 Å². The molecule has 0 spiro atoms. The minimum Gasteiger partial charge on any atom is -0.378 e. The Morgan fingerprint density at radius 3 is 2.52 bits per heavy atom. The van der Waals surface area contributed by atoms with Crippen LogP contribution in [0.2, 0.25) is 0 Å². The second-order valence-corrected chi connectivity index (χ2v) is 7.74. The summed E-state index contributed by atoms with van der Waals surface area (Å²) in [6.45, 7) is 4.24. The summed E-state index contributed by atoms with van der Waals surface area (Å²) in [5.41, 5.74) is 6.10. The van der Waals surface area contributed by atoms with Crippen molar-refractivity contribution < 1.29 is 0 Å². The largest absolute Gasteiger partial charge is 0.378 e. The predicted molar refractivity (Wildman–Crippen MR) is 115 cm³/mol. The van der Waals surface area contributed by atoms with Crippen molar-refractivity contribution in [2.45, 2.75) is 19.8 Å². The fraction of sp³-hybridized carbons (Fsp3) is 0.333. The average Bonchev–Trinajstić information content (AvgIpc) is 3.25. The molecule has 9 heteroatoms. The van der Waals surface area contributed by atoms with Crippen molar-refractivity contribution in [3.05, 3.63) is 45.7 Å². The van der Waals surface area contributed by atoms with E-state index >= 15 is 0 Å². The fourth-order valence-corrected chi connectivity index (χ4v) is 3.59. The quantitative estimate of drug-likeness (QED) is 0.503. The third-order valence-electron chi connectivity index (χ3n) is 4.01. The number of nitrogens with zero attached hydrogens (tertiary/aromatic N) is 6. The van der Waals surface area contributed by atoms with Crippen LogP contribution in [0.3, 0.4) is 0 Å². The molecule has 142 valence electrons. The summed E-state index contributed by atoms with van der Waals surface area (Å²) in [6.07, 6.45) is 1.78. The van der Waals surface area contributed by atoms with Crippen molar-refractivity contribution in [2.24, 2.45) is 5.10 Å². The molecule has 0 amide bonds. The lowest BCUT2D eigenvalue weighted by Crippen LogP contribution is -2.10. The van der Waals surface area contributed by atoms with Crippen LogP contribution in [-0.4, -0.2) is 46.9 Å². The summed E-state index contributed by atoms with van der Waals surface area (Å²) >= 11 is 7.04. The SMILES string of the molecule is CNn1nc(-c2nc(C(C)C)cs2)n(/N=C/c2ccc(N(C)C)cc2)c1=S. The number of anilines is 1. The average molecular weight is 402 g/mol. The van der Waals surface area contributed by atoms with Crippen LogP contribution >= 0.6 is 23.6 Å². The molecule has 0 atom stereocenters. The maximum atomic E-state index is 5.50. The minimum absolute atomic E-state index is 0.358. The Labute approximate surface area is 168 Å². The molecule has 0 unspecified atom stereocenters. The van der Waals surface area contributed by atoms with Gasteiger partial charge in [0, 0.05) is 32.2 Å². The van der Waals surface area contributed by atoms with E-state index in [1.165, 1.54) is 4.79 Å². The Kier molecular flexibility index (Phi) is 5.71. The third-order valence-corrected chi connectivity index (χ3v) is 5.21. The van der Waals surface area contributed by atoms with E-state index < -0.39 is 0 Å². The molecule has 2 aromatic heterocycles. The van der Waals surface area contributed by atoms with E-state index in [1.54, 1.807) is 29.3 Å². The third kappa shape index (κ3) is 4.09. The molecule has 0 saturated heterocycles. The van der Waals surface area contributed by atoms with E-state index in [-0.39, 0.29) is 0 Å². The van der Waals surface area contributed by atoms with Crippen LogP contribution in [0.5, 0.6) is 0 Å². The molecule has 0 radical (unpaired) electrons. The molecule has 27 heavy (non-hydrogen) atoms. The van der Waals surface area contributed by atoms with E-state index in [0.29, 0.717) is 16.5 Å². The molecular weight excluding hydrogens is 378 g/mol. The molecule has 0 fully saturated rings. The number of thiazole rings is 1. The summed E-state index contributed by atoms with van der Waals surface area (Å²) in [5.74, 6) is 0.976. The zero-order chi connectivity index (χ0) is 19.6. The lowest BCUT2D eigenvalue weighted by Gasteiger charge is -2.11. The summed E-state index contributed by atoms with van der Waals surface area (Å²) in [6, 6.07) is 8.14. The summed E-state index contributed by atoms with van der Waals surface area (Å²) < 4.78 is 2.09. The second-order valence-electron chi connectivity index (χ2n) is 6.52. The van der Waals surface area contributed by atoms with E-state index in [2.05, 4.69) is 44.7 Å². The van der Waals surface area contributed by atoms with Crippen LogP contribution < -0.4 is 10.3 Å². The van der Waals surface area contributed by atoms with Crippen LogP contribution in [0.15, 0.2) is 34.7 Å². The Hall–Kier alpha value is -2.52. The maximum absolute atomic E-state index is 5.50. The highest BCUT2D eigenvalue weighted by Gasteiger charge is 2.16. The maximum Gasteiger partial charge on any atom is 0.240 e. The first-order valence-electron chi connectivity index (χ1n) is 8.58. The van der Waals surface area contributed by atoms with Gasteiger partial charge in [0.15, 0.2) is 5.01 Å². The molecule has 0 aliphatic heterocycles. The summed E-state index contributed by atoms with van der Waals surface area (Å²) in [4.78, 5) is 8.26. The van der Waals surface area contributed by atoms with Gasteiger partial charge < -0.3 is 10.3 Å². The highest BCUT2D eigenvalue weighted by Crippen LogP contribution is 2.26. The van der Waals surface area contributed by atoms with Crippen molar-refractivity contribution >= 4 is 35.5 Å². The number of rotatable bonds is 6. The van der Waals surface area contributed by atoms with E-state index in [4.69, 9.17) is 12.2 Å². The molecule has 7 nitrogen and oxygen atoms in total. The molecule has 3 rings (SSSR count). The number of benzene rings is 1. The van der Waals surface area contributed by atoms with Gasteiger partial charge in [-0.25, -0.2) is 4.98 Å². The van der Waals surface area contributed by atoms with Crippen LogP contribution in [0.1, 0.15) is 31.0 Å². The van der Waals surface area contributed by atoms with Crippen molar-refractivity contribution in [1.82, 2.24) is 19.5 Å². The van der Waals surface area contributed by atoms with Crippen molar-refractivity contribution in [2.75, 3.05) is 31.5 Å². The van der Waals surface area contributed by atoms with Gasteiger partial charge in [0.25, 0.3) is 0 Å². The molecule has 0 saturated carbocycles. The molecule has 2 heterocycles. The smallest absolute Gasteiger partial charge is 0.240 e. The van der Waals surface area contributed by atoms with Gasteiger partial charge in [0.05, 0.1) is 11.9 Å². The molecule has 3 aromatic rings. The molecule has 1 N–H and O–H groups in total. The number of nitrogens with one attached hydrogen (secondary N) is 1. The highest BCUT2D eigenvalue weighted by molar-refractivity contribution is 7.71. The first-order chi connectivity index (χ1) is 12.9. The monoisotopic (exact) mass is 401 g/mol. The van der Waals surface area contributed by atoms with Gasteiger partial charge in [-0.3, -0.25) is 0 Å². The van der Waals surface area contributed by atoms with Gasteiger partial charge in [0.2, 0.25) is 10.6 Å². The summed E-state index contributed by atoms with van der Waals surface area (Å²) in [5, 5.41) is 11.9. The van der Waals surface area contributed by atoms with Gasteiger partial charge in [-0.05, 0) is 35.8 Å². The standard InChI is InChI=1S/C18H23N7S2/c1-12(2)15-11-27-17(21-15)16-22-25(19-3)18(26)24(16)20-10-13-6-8-14(9-7-13)23(4)5/h6-12,19H,1-5H3/b20-10+. The molecule has 0 aliphatic rings. The zero-order valence-electron chi connectivity index (χ0n) is 16.0. The fourth-order valence-electron chi connectivity index (χ4n) is 2.38. The number of hydrogen-bond acceptors (Lipinski definition) is 7. The van der Waals surface area contributed by atoms with Crippen LogP contribution in [0.25, 0.3) is 10.8 Å². The van der Waals surface area contributed by atoms with Gasteiger partial charge in [-0.2, -0.15) is 9.78 Å². The minimum atomic E-state index is 0.358. The predicted octanol–water partition coefficient (Wildman–Crippen LogP) is 3.78. The number of aromatic nitrogens is 4. The van der Waals surface area contributed by atoms with Gasteiger partial charge in [-0.1, -0.05) is 26.0 Å². The Morgan fingerprint density at radius 2 is 1.96 bits per heavy atom. The normalized spacial score (nSPS) is 11.5. The topological polar surface area (TPSA) is 63.3 Å². The van der Waals surface area contributed by atoms with Crippen LogP contribution in [-0.2, 0) is 0 Å². The Morgan fingerprint density at radius 1 is 1.26 bits per heavy atom. The first-order valence-corrected chi connectivity index (χ1v) is 9.87. The molecule has 1 aromatic carbocycles. The van der Waals surface area contributed by atoms with E-state index in [0.717, 1.165) is 22.0 Å². The van der Waals surface area contributed by atoms with Gasteiger partial charge in [0.1, 0.15) is 0 Å². The van der Waals surface area contributed by atoms with Crippen molar-refractivity contribution in [1.29, 1.82) is 0 Å². The lowest BCUT2D eigenvalue weighted by molar-refractivity contribution is 0.752. The second kappa shape index (κ2) is 8.01. The Balaban J connectivity index is 1.98. The van der Waals surface area contributed by atoms with Crippen LogP contribution in [0, 0.1) is 4.77 Å².